The molecule has 3 rings (SSSR count). The van der Waals surface area contributed by atoms with E-state index in [2.05, 4.69) is 53.3 Å². The van der Waals surface area contributed by atoms with E-state index in [1.54, 1.807) is 11.8 Å². The van der Waals surface area contributed by atoms with E-state index in [9.17, 15) is 4.79 Å². The number of carbonyl (C=O) groups excluding carboxylic acids is 1. The number of halogens is 1. The molecule has 1 aliphatic rings. The lowest BCUT2D eigenvalue weighted by atomic mass is 9.83. The second-order valence-corrected chi connectivity index (χ2v) is 8.87. The zero-order valence-corrected chi connectivity index (χ0v) is 18.2. The van der Waals surface area contributed by atoms with Crippen molar-refractivity contribution in [3.05, 3.63) is 64.1 Å². The first-order chi connectivity index (χ1) is 13.0. The van der Waals surface area contributed by atoms with Gasteiger partial charge in [-0.1, -0.05) is 60.1 Å². The number of thioether (sulfide) groups is 1. The van der Waals surface area contributed by atoms with Gasteiger partial charge in [0.25, 0.3) is 0 Å². The van der Waals surface area contributed by atoms with Crippen LogP contribution in [0.3, 0.4) is 0 Å². The fourth-order valence-corrected chi connectivity index (χ4v) is 4.57. The molecule has 144 valence electrons. The standard InChI is InChI=1S/C22H26BrNO2S/c1-3-22(4-2)13-19(18-7-5-6-8-20(18)26-22)24-21(25)15-27-14-16-9-11-17(23)12-10-16/h5-12,19H,3-4,13-15H2,1-2H3,(H,24,25)/t19-/m0/s1. The summed E-state index contributed by atoms with van der Waals surface area (Å²) in [6.07, 6.45) is 2.69. The van der Waals surface area contributed by atoms with Crippen LogP contribution in [-0.4, -0.2) is 17.3 Å². The van der Waals surface area contributed by atoms with Gasteiger partial charge in [0.15, 0.2) is 0 Å². The van der Waals surface area contributed by atoms with E-state index in [4.69, 9.17) is 4.74 Å². The largest absolute Gasteiger partial charge is 0.487 e. The van der Waals surface area contributed by atoms with E-state index >= 15 is 0 Å². The number of rotatable bonds is 7. The van der Waals surface area contributed by atoms with Crippen molar-refractivity contribution < 1.29 is 9.53 Å². The quantitative estimate of drug-likeness (QED) is 0.575. The van der Waals surface area contributed by atoms with E-state index in [-0.39, 0.29) is 17.6 Å². The highest BCUT2D eigenvalue weighted by atomic mass is 79.9. The van der Waals surface area contributed by atoms with E-state index in [1.165, 1.54) is 5.56 Å². The summed E-state index contributed by atoms with van der Waals surface area (Å²) in [7, 11) is 0. The van der Waals surface area contributed by atoms with Crippen molar-refractivity contribution in [3.8, 4) is 5.75 Å². The molecule has 2 aromatic rings. The molecule has 0 aliphatic carbocycles. The Labute approximate surface area is 174 Å². The van der Waals surface area contributed by atoms with Crippen LogP contribution in [-0.2, 0) is 10.5 Å². The van der Waals surface area contributed by atoms with Crippen LogP contribution < -0.4 is 10.1 Å². The lowest BCUT2D eigenvalue weighted by Gasteiger charge is -2.41. The summed E-state index contributed by atoms with van der Waals surface area (Å²) in [5, 5.41) is 3.25. The molecule has 0 radical (unpaired) electrons. The van der Waals surface area contributed by atoms with Crippen molar-refractivity contribution in [1.29, 1.82) is 0 Å². The Morgan fingerprint density at radius 2 is 1.89 bits per heavy atom. The summed E-state index contributed by atoms with van der Waals surface area (Å²) >= 11 is 5.09. The number of ether oxygens (including phenoxy) is 1. The van der Waals surface area contributed by atoms with Crippen LogP contribution in [0.15, 0.2) is 53.0 Å². The normalized spacial score (nSPS) is 17.7. The van der Waals surface area contributed by atoms with Gasteiger partial charge < -0.3 is 10.1 Å². The van der Waals surface area contributed by atoms with E-state index < -0.39 is 0 Å². The van der Waals surface area contributed by atoms with Gasteiger partial charge >= 0.3 is 0 Å². The molecule has 2 aromatic carbocycles. The van der Waals surface area contributed by atoms with Gasteiger partial charge in [0.1, 0.15) is 11.4 Å². The molecule has 0 fully saturated rings. The van der Waals surface area contributed by atoms with Gasteiger partial charge in [0, 0.05) is 22.2 Å². The van der Waals surface area contributed by atoms with Gasteiger partial charge in [-0.2, -0.15) is 0 Å². The van der Waals surface area contributed by atoms with Gasteiger partial charge in [-0.05, 0) is 36.6 Å². The summed E-state index contributed by atoms with van der Waals surface area (Å²) < 4.78 is 7.39. The molecule has 0 saturated carbocycles. The molecule has 1 heterocycles. The molecule has 5 heteroatoms. The molecule has 0 saturated heterocycles. The third-order valence-corrected chi connectivity index (χ3v) is 6.77. The van der Waals surface area contributed by atoms with Crippen molar-refractivity contribution in [1.82, 2.24) is 5.32 Å². The molecule has 1 amide bonds. The fraction of sp³-hybridized carbons (Fsp3) is 0.409. The molecule has 0 unspecified atom stereocenters. The van der Waals surface area contributed by atoms with E-state index in [1.807, 2.05) is 30.3 Å². The van der Waals surface area contributed by atoms with Crippen molar-refractivity contribution in [2.24, 2.45) is 0 Å². The van der Waals surface area contributed by atoms with Crippen molar-refractivity contribution >= 4 is 33.6 Å². The third kappa shape index (κ3) is 5.08. The first kappa shape index (κ1) is 20.3. The summed E-state index contributed by atoms with van der Waals surface area (Å²) in [6, 6.07) is 16.3. The SMILES string of the molecule is CCC1(CC)C[C@H](NC(=O)CSCc2ccc(Br)cc2)c2ccccc2O1. The second kappa shape index (κ2) is 9.16. The molecule has 3 nitrogen and oxygen atoms in total. The Balaban J connectivity index is 1.61. The van der Waals surface area contributed by atoms with Crippen LogP contribution in [0.1, 0.15) is 50.3 Å². The summed E-state index contributed by atoms with van der Waals surface area (Å²) in [5.41, 5.74) is 2.11. The number of nitrogens with one attached hydrogen (secondary N) is 1. The minimum atomic E-state index is -0.198. The maximum absolute atomic E-state index is 12.6. The Kier molecular flexibility index (Phi) is 6.88. The number of fused-ring (bicyclic) bond motifs is 1. The number of benzene rings is 2. The summed E-state index contributed by atoms with van der Waals surface area (Å²) in [5.74, 6) is 2.28. The monoisotopic (exact) mass is 447 g/mol. The van der Waals surface area contributed by atoms with Crippen LogP contribution in [0.4, 0.5) is 0 Å². The van der Waals surface area contributed by atoms with Crippen LogP contribution in [0.25, 0.3) is 0 Å². The van der Waals surface area contributed by atoms with Crippen LogP contribution >= 0.6 is 27.7 Å². The van der Waals surface area contributed by atoms with E-state index in [0.29, 0.717) is 5.75 Å². The maximum atomic E-state index is 12.6. The van der Waals surface area contributed by atoms with E-state index in [0.717, 1.165) is 40.8 Å². The first-order valence-electron chi connectivity index (χ1n) is 9.45. The van der Waals surface area contributed by atoms with Gasteiger partial charge in [0.2, 0.25) is 5.91 Å². The topological polar surface area (TPSA) is 38.3 Å². The van der Waals surface area contributed by atoms with Crippen molar-refractivity contribution in [3.63, 3.8) is 0 Å². The molecule has 0 aromatic heterocycles. The highest BCUT2D eigenvalue weighted by molar-refractivity contribution is 9.10. The zero-order valence-electron chi connectivity index (χ0n) is 15.8. The van der Waals surface area contributed by atoms with Crippen molar-refractivity contribution in [2.75, 3.05) is 5.75 Å². The highest BCUT2D eigenvalue weighted by Crippen LogP contribution is 2.42. The second-order valence-electron chi connectivity index (χ2n) is 6.97. The molecule has 1 atom stereocenters. The molecular weight excluding hydrogens is 422 g/mol. The minimum absolute atomic E-state index is 0.00984. The fourth-order valence-electron chi connectivity index (χ4n) is 3.51. The van der Waals surface area contributed by atoms with Gasteiger partial charge in [0.05, 0.1) is 11.8 Å². The summed E-state index contributed by atoms with van der Waals surface area (Å²) in [4.78, 5) is 12.6. The number of carbonyl (C=O) groups is 1. The summed E-state index contributed by atoms with van der Waals surface area (Å²) in [6.45, 7) is 4.31. The molecule has 1 aliphatic heterocycles. The molecular formula is C22H26BrNO2S. The van der Waals surface area contributed by atoms with Gasteiger partial charge in [-0.3, -0.25) is 4.79 Å². The number of para-hydroxylation sites is 1. The number of hydrogen-bond donors (Lipinski definition) is 1. The lowest BCUT2D eigenvalue weighted by Crippen LogP contribution is -2.44. The Hall–Kier alpha value is -1.46. The number of amides is 1. The third-order valence-electron chi connectivity index (χ3n) is 5.24. The smallest absolute Gasteiger partial charge is 0.230 e. The predicted octanol–water partition coefficient (Wildman–Crippen LogP) is 5.88. The maximum Gasteiger partial charge on any atom is 0.230 e. The molecule has 0 bridgehead atoms. The first-order valence-corrected chi connectivity index (χ1v) is 11.4. The zero-order chi connectivity index (χ0) is 19.3. The van der Waals surface area contributed by atoms with Gasteiger partial charge in [-0.15, -0.1) is 11.8 Å². The predicted molar refractivity (Wildman–Crippen MR) is 116 cm³/mol. The Morgan fingerprint density at radius 3 is 2.59 bits per heavy atom. The van der Waals surface area contributed by atoms with Crippen LogP contribution in [0.5, 0.6) is 5.75 Å². The average Bonchev–Trinajstić information content (AvgIpc) is 2.69. The number of hydrogen-bond acceptors (Lipinski definition) is 3. The van der Waals surface area contributed by atoms with Gasteiger partial charge in [-0.25, -0.2) is 0 Å². The Morgan fingerprint density at radius 1 is 1.19 bits per heavy atom. The molecule has 1 N–H and O–H groups in total. The lowest BCUT2D eigenvalue weighted by molar-refractivity contribution is -0.120. The Bertz CT molecular complexity index is 774. The average molecular weight is 448 g/mol. The minimum Gasteiger partial charge on any atom is -0.487 e. The van der Waals surface area contributed by atoms with Crippen molar-refractivity contribution in [2.45, 2.75) is 50.5 Å². The molecule has 0 spiro atoms. The highest BCUT2D eigenvalue weighted by Gasteiger charge is 2.38. The van der Waals surface area contributed by atoms with Crippen LogP contribution in [0.2, 0.25) is 0 Å². The van der Waals surface area contributed by atoms with Crippen LogP contribution in [0, 0.1) is 0 Å². The molecule has 27 heavy (non-hydrogen) atoms.